The summed E-state index contributed by atoms with van der Waals surface area (Å²) in [5.74, 6) is -0.748. The van der Waals surface area contributed by atoms with E-state index in [0.29, 0.717) is 11.3 Å². The second kappa shape index (κ2) is 8.14. The van der Waals surface area contributed by atoms with Gasteiger partial charge in [-0.2, -0.15) is 5.10 Å². The molecule has 27 heavy (non-hydrogen) atoms. The average Bonchev–Trinajstić information content (AvgIpc) is 3.17. The molecule has 0 spiro atoms. The van der Waals surface area contributed by atoms with Crippen LogP contribution < -0.4 is 5.32 Å². The summed E-state index contributed by atoms with van der Waals surface area (Å²) >= 11 is 0. The predicted octanol–water partition coefficient (Wildman–Crippen LogP) is 3.62. The molecular weight excluding hydrogens is 342 g/mol. The first-order valence-corrected chi connectivity index (χ1v) is 8.35. The third-order valence-corrected chi connectivity index (χ3v) is 3.97. The van der Waals surface area contributed by atoms with E-state index in [0.717, 1.165) is 16.8 Å². The Balaban J connectivity index is 1.69. The van der Waals surface area contributed by atoms with Crippen LogP contribution in [0.25, 0.3) is 11.8 Å². The molecule has 2 aromatic carbocycles. The molecule has 0 aliphatic heterocycles. The number of aryl methyl sites for hydroxylation is 1. The average molecular weight is 361 g/mol. The van der Waals surface area contributed by atoms with Gasteiger partial charge in [0.2, 0.25) is 5.91 Å². The molecule has 0 saturated heterocycles. The normalized spacial score (nSPS) is 10.7. The van der Waals surface area contributed by atoms with Gasteiger partial charge in [0.15, 0.2) is 0 Å². The molecule has 0 atom stereocenters. The van der Waals surface area contributed by atoms with E-state index < -0.39 is 5.97 Å². The van der Waals surface area contributed by atoms with Gasteiger partial charge in [0.25, 0.3) is 0 Å². The first-order chi connectivity index (χ1) is 13.1. The SMILES string of the molecule is COC(=O)c1ccc(C)c(NC(=O)/C=C/c2cnn(-c3ccccc3)c2)c1. The van der Waals surface area contributed by atoms with Crippen molar-refractivity contribution in [3.8, 4) is 5.69 Å². The van der Waals surface area contributed by atoms with Crippen molar-refractivity contribution < 1.29 is 14.3 Å². The van der Waals surface area contributed by atoms with Crippen molar-refractivity contribution in [1.29, 1.82) is 0 Å². The van der Waals surface area contributed by atoms with Gasteiger partial charge in [-0.1, -0.05) is 24.3 Å². The molecule has 0 saturated carbocycles. The largest absolute Gasteiger partial charge is 0.465 e. The monoisotopic (exact) mass is 361 g/mol. The number of esters is 1. The molecule has 1 N–H and O–H groups in total. The van der Waals surface area contributed by atoms with Crippen LogP contribution in [0.15, 0.2) is 67.0 Å². The number of nitrogens with zero attached hydrogens (tertiary/aromatic N) is 2. The van der Waals surface area contributed by atoms with Crippen molar-refractivity contribution in [3.63, 3.8) is 0 Å². The van der Waals surface area contributed by atoms with Gasteiger partial charge in [0.1, 0.15) is 0 Å². The summed E-state index contributed by atoms with van der Waals surface area (Å²) < 4.78 is 6.44. The van der Waals surface area contributed by atoms with E-state index in [9.17, 15) is 9.59 Å². The first kappa shape index (κ1) is 18.1. The maximum absolute atomic E-state index is 12.2. The molecule has 0 radical (unpaired) electrons. The Bertz CT molecular complexity index is 991. The second-order valence-electron chi connectivity index (χ2n) is 5.90. The molecule has 0 aliphatic rings. The molecule has 0 bridgehead atoms. The topological polar surface area (TPSA) is 73.2 Å². The highest BCUT2D eigenvalue weighted by molar-refractivity contribution is 6.03. The van der Waals surface area contributed by atoms with Crippen molar-refractivity contribution in [3.05, 3.63) is 83.7 Å². The summed E-state index contributed by atoms with van der Waals surface area (Å²) in [5.41, 5.74) is 3.53. The Hall–Kier alpha value is -3.67. The molecule has 0 unspecified atom stereocenters. The summed E-state index contributed by atoms with van der Waals surface area (Å²) in [6, 6.07) is 14.7. The molecule has 0 fully saturated rings. The lowest BCUT2D eigenvalue weighted by Gasteiger charge is -2.08. The standard InChI is InChI=1S/C21H19N3O3/c1-15-8-10-17(21(26)27-2)12-19(15)23-20(25)11-9-16-13-22-24(14-16)18-6-4-3-5-7-18/h3-14H,1-2H3,(H,23,25)/b11-9+. The van der Waals surface area contributed by atoms with Crippen LogP contribution in [0.1, 0.15) is 21.5 Å². The van der Waals surface area contributed by atoms with E-state index in [1.54, 1.807) is 35.2 Å². The third-order valence-electron chi connectivity index (χ3n) is 3.97. The maximum Gasteiger partial charge on any atom is 0.337 e. The number of hydrogen-bond donors (Lipinski definition) is 1. The van der Waals surface area contributed by atoms with Crippen molar-refractivity contribution in [1.82, 2.24) is 9.78 Å². The van der Waals surface area contributed by atoms with Crippen molar-refractivity contribution in [2.45, 2.75) is 6.92 Å². The molecule has 1 aromatic heterocycles. The predicted molar refractivity (Wildman–Crippen MR) is 104 cm³/mol. The Morgan fingerprint density at radius 2 is 1.93 bits per heavy atom. The fourth-order valence-electron chi connectivity index (χ4n) is 2.49. The highest BCUT2D eigenvalue weighted by atomic mass is 16.5. The zero-order chi connectivity index (χ0) is 19.2. The molecule has 1 amide bonds. The smallest absolute Gasteiger partial charge is 0.337 e. The second-order valence-corrected chi connectivity index (χ2v) is 5.90. The van der Waals surface area contributed by atoms with Crippen LogP contribution in [0, 0.1) is 6.92 Å². The fraction of sp³-hybridized carbons (Fsp3) is 0.0952. The minimum Gasteiger partial charge on any atom is -0.465 e. The van der Waals surface area contributed by atoms with E-state index >= 15 is 0 Å². The van der Waals surface area contributed by atoms with Crippen LogP contribution >= 0.6 is 0 Å². The van der Waals surface area contributed by atoms with E-state index in [-0.39, 0.29) is 5.91 Å². The minimum absolute atomic E-state index is 0.299. The fourth-order valence-corrected chi connectivity index (χ4v) is 2.49. The first-order valence-electron chi connectivity index (χ1n) is 8.35. The Kier molecular flexibility index (Phi) is 5.47. The van der Waals surface area contributed by atoms with Crippen molar-refractivity contribution in [2.24, 2.45) is 0 Å². The van der Waals surface area contributed by atoms with Crippen LogP contribution in [0.3, 0.4) is 0 Å². The number of nitrogens with one attached hydrogen (secondary N) is 1. The lowest BCUT2D eigenvalue weighted by atomic mass is 10.1. The number of carbonyl (C=O) groups excluding carboxylic acids is 2. The number of ether oxygens (including phenoxy) is 1. The van der Waals surface area contributed by atoms with E-state index in [1.807, 2.05) is 43.5 Å². The minimum atomic E-state index is -0.450. The highest BCUT2D eigenvalue weighted by Gasteiger charge is 2.09. The number of methoxy groups -OCH3 is 1. The number of carbonyl (C=O) groups is 2. The molecule has 6 heteroatoms. The van der Waals surface area contributed by atoms with Gasteiger partial charge in [-0.25, -0.2) is 9.48 Å². The molecule has 1 heterocycles. The van der Waals surface area contributed by atoms with Crippen LogP contribution in [-0.2, 0) is 9.53 Å². The van der Waals surface area contributed by atoms with Gasteiger partial charge in [-0.05, 0) is 42.8 Å². The van der Waals surface area contributed by atoms with Crippen molar-refractivity contribution >= 4 is 23.6 Å². The molecule has 3 rings (SSSR count). The Labute approximate surface area is 157 Å². The summed E-state index contributed by atoms with van der Waals surface area (Å²) in [7, 11) is 1.32. The molecule has 3 aromatic rings. The summed E-state index contributed by atoms with van der Waals surface area (Å²) in [6.45, 7) is 1.85. The van der Waals surface area contributed by atoms with Gasteiger partial charge in [0, 0.05) is 23.5 Å². The number of para-hydroxylation sites is 1. The van der Waals surface area contributed by atoms with Crippen LogP contribution in [0.4, 0.5) is 5.69 Å². The lowest BCUT2D eigenvalue weighted by molar-refractivity contribution is -0.111. The molecule has 0 aliphatic carbocycles. The number of amides is 1. The zero-order valence-electron chi connectivity index (χ0n) is 15.0. The number of benzene rings is 2. The summed E-state index contributed by atoms with van der Waals surface area (Å²) in [5, 5.41) is 7.06. The number of aromatic nitrogens is 2. The molecule has 136 valence electrons. The van der Waals surface area contributed by atoms with Crippen LogP contribution in [-0.4, -0.2) is 28.8 Å². The maximum atomic E-state index is 12.2. The quantitative estimate of drug-likeness (QED) is 0.556. The number of anilines is 1. The van der Waals surface area contributed by atoms with Crippen LogP contribution in [0.2, 0.25) is 0 Å². The van der Waals surface area contributed by atoms with Gasteiger partial charge < -0.3 is 10.1 Å². The Morgan fingerprint density at radius 1 is 1.15 bits per heavy atom. The van der Waals surface area contributed by atoms with Gasteiger partial charge in [0.05, 0.1) is 24.6 Å². The van der Waals surface area contributed by atoms with Gasteiger partial charge >= 0.3 is 5.97 Å². The third kappa shape index (κ3) is 4.49. The lowest BCUT2D eigenvalue weighted by Crippen LogP contribution is -2.10. The van der Waals surface area contributed by atoms with E-state index in [2.05, 4.69) is 10.4 Å². The summed E-state index contributed by atoms with van der Waals surface area (Å²) in [6.07, 6.45) is 6.63. The van der Waals surface area contributed by atoms with E-state index in [4.69, 9.17) is 4.74 Å². The number of hydrogen-bond acceptors (Lipinski definition) is 4. The van der Waals surface area contributed by atoms with Gasteiger partial charge in [-0.15, -0.1) is 0 Å². The highest BCUT2D eigenvalue weighted by Crippen LogP contribution is 2.18. The van der Waals surface area contributed by atoms with E-state index in [1.165, 1.54) is 13.2 Å². The Morgan fingerprint density at radius 3 is 2.67 bits per heavy atom. The molecular formula is C21H19N3O3. The molecule has 6 nitrogen and oxygen atoms in total. The van der Waals surface area contributed by atoms with Crippen molar-refractivity contribution in [2.75, 3.05) is 12.4 Å². The number of rotatable bonds is 5. The summed E-state index contributed by atoms with van der Waals surface area (Å²) in [4.78, 5) is 23.9. The van der Waals surface area contributed by atoms with Crippen LogP contribution in [0.5, 0.6) is 0 Å². The zero-order valence-corrected chi connectivity index (χ0v) is 15.0. The van der Waals surface area contributed by atoms with Gasteiger partial charge in [-0.3, -0.25) is 4.79 Å².